The minimum Gasteiger partial charge on any atom is -0.298 e. The van der Waals surface area contributed by atoms with Gasteiger partial charge in [0.2, 0.25) is 0 Å². The highest BCUT2D eigenvalue weighted by atomic mass is 19.1. The van der Waals surface area contributed by atoms with Crippen LogP contribution in [0.4, 0.5) is 4.39 Å². The van der Waals surface area contributed by atoms with Crippen LogP contribution in [-0.4, -0.2) is 5.78 Å². The van der Waals surface area contributed by atoms with Gasteiger partial charge in [-0.05, 0) is 17.2 Å². The van der Waals surface area contributed by atoms with E-state index in [9.17, 15) is 9.18 Å². The standard InChI is InChI=1S/C17H14FNO/c1-12(17(20)9-10-19)14-7-8-15(16(18)11-14)13-5-3-2-4-6-13/h2-8,11-12H,9H2,1H3. The van der Waals surface area contributed by atoms with Crippen molar-refractivity contribution >= 4 is 5.78 Å². The average molecular weight is 267 g/mol. The number of benzene rings is 2. The van der Waals surface area contributed by atoms with Crippen LogP contribution in [0.3, 0.4) is 0 Å². The van der Waals surface area contributed by atoms with Crippen molar-refractivity contribution in [2.24, 2.45) is 0 Å². The van der Waals surface area contributed by atoms with Crippen molar-refractivity contribution < 1.29 is 9.18 Å². The van der Waals surface area contributed by atoms with Crippen LogP contribution in [0.1, 0.15) is 24.8 Å². The van der Waals surface area contributed by atoms with Crippen molar-refractivity contribution in [1.29, 1.82) is 5.26 Å². The van der Waals surface area contributed by atoms with Crippen LogP contribution in [-0.2, 0) is 4.79 Å². The molecular formula is C17H14FNO. The number of carbonyl (C=O) groups excluding carboxylic acids is 1. The van der Waals surface area contributed by atoms with Crippen LogP contribution in [0.25, 0.3) is 11.1 Å². The molecule has 0 radical (unpaired) electrons. The number of ketones is 1. The fourth-order valence-corrected chi connectivity index (χ4v) is 2.07. The molecule has 0 amide bonds. The van der Waals surface area contributed by atoms with Gasteiger partial charge in [0.25, 0.3) is 0 Å². The molecule has 100 valence electrons. The van der Waals surface area contributed by atoms with Gasteiger partial charge in [-0.1, -0.05) is 49.4 Å². The number of hydrogen-bond donors (Lipinski definition) is 0. The Labute approximate surface area is 117 Å². The van der Waals surface area contributed by atoms with E-state index in [2.05, 4.69) is 0 Å². The minimum absolute atomic E-state index is 0.150. The van der Waals surface area contributed by atoms with Gasteiger partial charge in [0.05, 0.1) is 12.5 Å². The summed E-state index contributed by atoms with van der Waals surface area (Å²) in [5, 5.41) is 8.53. The minimum atomic E-state index is -0.464. The fraction of sp³-hybridized carbons (Fsp3) is 0.176. The second kappa shape index (κ2) is 6.12. The zero-order valence-electron chi connectivity index (χ0n) is 11.1. The molecular weight excluding hydrogens is 253 g/mol. The molecule has 0 saturated heterocycles. The predicted molar refractivity (Wildman–Crippen MR) is 75.5 cm³/mol. The highest BCUT2D eigenvalue weighted by Crippen LogP contribution is 2.26. The Morgan fingerprint density at radius 2 is 1.95 bits per heavy atom. The summed E-state index contributed by atoms with van der Waals surface area (Å²) in [5.41, 5.74) is 1.91. The zero-order valence-corrected chi connectivity index (χ0v) is 11.1. The van der Waals surface area contributed by atoms with E-state index < -0.39 is 5.92 Å². The number of nitriles is 1. The summed E-state index contributed by atoms with van der Waals surface area (Å²) in [6, 6.07) is 15.9. The lowest BCUT2D eigenvalue weighted by atomic mass is 9.93. The normalized spacial score (nSPS) is 11.7. The van der Waals surface area contributed by atoms with Gasteiger partial charge >= 0.3 is 0 Å². The Morgan fingerprint density at radius 3 is 2.55 bits per heavy atom. The summed E-state index contributed by atoms with van der Waals surface area (Å²) in [6.07, 6.45) is -0.150. The molecule has 3 heteroatoms. The molecule has 0 aliphatic heterocycles. The third-order valence-electron chi connectivity index (χ3n) is 3.31. The van der Waals surface area contributed by atoms with Crippen LogP contribution in [0.15, 0.2) is 48.5 Å². The second-order valence-electron chi connectivity index (χ2n) is 4.63. The van der Waals surface area contributed by atoms with E-state index in [1.165, 1.54) is 6.07 Å². The number of halogens is 1. The first kappa shape index (κ1) is 14.0. The first-order valence-electron chi connectivity index (χ1n) is 6.38. The number of carbonyl (C=O) groups is 1. The maximum Gasteiger partial charge on any atom is 0.154 e. The molecule has 1 atom stereocenters. The van der Waals surface area contributed by atoms with Crippen LogP contribution in [0, 0.1) is 17.1 Å². The molecule has 0 aliphatic rings. The highest BCUT2D eigenvalue weighted by Gasteiger charge is 2.16. The van der Waals surface area contributed by atoms with Gasteiger partial charge in [-0.25, -0.2) is 4.39 Å². The lowest BCUT2D eigenvalue weighted by Crippen LogP contribution is -2.08. The Morgan fingerprint density at radius 1 is 1.25 bits per heavy atom. The summed E-state index contributed by atoms with van der Waals surface area (Å²) in [6.45, 7) is 1.69. The lowest BCUT2D eigenvalue weighted by Gasteiger charge is -2.11. The van der Waals surface area contributed by atoms with Gasteiger partial charge in [-0.2, -0.15) is 5.26 Å². The van der Waals surface area contributed by atoms with Crippen LogP contribution in [0.5, 0.6) is 0 Å². The molecule has 2 aromatic rings. The largest absolute Gasteiger partial charge is 0.298 e. The quantitative estimate of drug-likeness (QED) is 0.837. The molecule has 0 spiro atoms. The average Bonchev–Trinajstić information content (AvgIpc) is 2.47. The zero-order chi connectivity index (χ0) is 14.5. The van der Waals surface area contributed by atoms with Crippen molar-refractivity contribution in [1.82, 2.24) is 0 Å². The molecule has 0 aromatic heterocycles. The molecule has 2 aromatic carbocycles. The molecule has 1 unspecified atom stereocenters. The Hall–Kier alpha value is -2.47. The number of hydrogen-bond acceptors (Lipinski definition) is 2. The van der Waals surface area contributed by atoms with Gasteiger partial charge < -0.3 is 0 Å². The summed E-state index contributed by atoms with van der Waals surface area (Å²) in [5.74, 6) is -1.02. The van der Waals surface area contributed by atoms with Gasteiger partial charge in [0.15, 0.2) is 5.78 Å². The molecule has 20 heavy (non-hydrogen) atoms. The Kier molecular flexibility index (Phi) is 4.27. The SMILES string of the molecule is CC(C(=O)CC#N)c1ccc(-c2ccccc2)c(F)c1. The van der Waals surface area contributed by atoms with Gasteiger partial charge in [-0.3, -0.25) is 4.79 Å². The maximum absolute atomic E-state index is 14.2. The molecule has 0 N–H and O–H groups in total. The van der Waals surface area contributed by atoms with E-state index in [-0.39, 0.29) is 18.0 Å². The fourth-order valence-electron chi connectivity index (χ4n) is 2.07. The molecule has 0 heterocycles. The second-order valence-corrected chi connectivity index (χ2v) is 4.63. The van der Waals surface area contributed by atoms with Gasteiger partial charge in [0.1, 0.15) is 5.82 Å². The van der Waals surface area contributed by atoms with Gasteiger partial charge in [-0.15, -0.1) is 0 Å². The van der Waals surface area contributed by atoms with E-state index in [4.69, 9.17) is 5.26 Å². The molecule has 0 bridgehead atoms. The van der Waals surface area contributed by atoms with E-state index in [0.29, 0.717) is 11.1 Å². The third-order valence-corrected chi connectivity index (χ3v) is 3.31. The van der Waals surface area contributed by atoms with E-state index in [0.717, 1.165) is 5.56 Å². The first-order valence-corrected chi connectivity index (χ1v) is 6.38. The topological polar surface area (TPSA) is 40.9 Å². The summed E-state index contributed by atoms with van der Waals surface area (Å²) < 4.78 is 14.2. The molecule has 0 fully saturated rings. The van der Waals surface area contributed by atoms with Gasteiger partial charge in [0, 0.05) is 11.5 Å². The van der Waals surface area contributed by atoms with Crippen molar-refractivity contribution in [3.63, 3.8) is 0 Å². The number of rotatable bonds is 4. The van der Waals surface area contributed by atoms with Crippen LogP contribution >= 0.6 is 0 Å². The van der Waals surface area contributed by atoms with Crippen LogP contribution < -0.4 is 0 Å². The Balaban J connectivity index is 2.31. The summed E-state index contributed by atoms with van der Waals surface area (Å²) >= 11 is 0. The van der Waals surface area contributed by atoms with Crippen LogP contribution in [0.2, 0.25) is 0 Å². The van der Waals surface area contributed by atoms with E-state index >= 15 is 0 Å². The monoisotopic (exact) mass is 267 g/mol. The summed E-state index contributed by atoms with van der Waals surface area (Å²) in [7, 11) is 0. The maximum atomic E-state index is 14.2. The summed E-state index contributed by atoms with van der Waals surface area (Å²) in [4.78, 5) is 11.7. The lowest BCUT2D eigenvalue weighted by molar-refractivity contribution is -0.119. The van der Waals surface area contributed by atoms with Crippen molar-refractivity contribution in [3.8, 4) is 17.2 Å². The third kappa shape index (κ3) is 2.92. The van der Waals surface area contributed by atoms with Crippen molar-refractivity contribution in [2.75, 3.05) is 0 Å². The molecule has 0 saturated carbocycles. The van der Waals surface area contributed by atoms with Crippen molar-refractivity contribution in [2.45, 2.75) is 19.3 Å². The molecule has 0 aliphatic carbocycles. The predicted octanol–water partition coefficient (Wildman–Crippen LogP) is 4.08. The first-order chi connectivity index (χ1) is 9.63. The molecule has 2 rings (SSSR count). The number of Topliss-reactive ketones (excluding diaryl/α,β-unsaturated/α-hetero) is 1. The van der Waals surface area contributed by atoms with E-state index in [1.807, 2.05) is 36.4 Å². The van der Waals surface area contributed by atoms with E-state index in [1.54, 1.807) is 19.1 Å². The molecule has 2 nitrogen and oxygen atoms in total. The highest BCUT2D eigenvalue weighted by molar-refractivity contribution is 5.87. The Bertz CT molecular complexity index is 658. The van der Waals surface area contributed by atoms with Crippen molar-refractivity contribution in [3.05, 3.63) is 59.9 Å². The smallest absolute Gasteiger partial charge is 0.154 e. The number of nitrogens with zero attached hydrogens (tertiary/aromatic N) is 1.